The van der Waals surface area contributed by atoms with Gasteiger partial charge in [0.05, 0.1) is 5.54 Å². The first-order valence-electron chi connectivity index (χ1n) is 6.68. The summed E-state index contributed by atoms with van der Waals surface area (Å²) in [6.07, 6.45) is 2.22. The molecule has 0 fully saturated rings. The van der Waals surface area contributed by atoms with Crippen molar-refractivity contribution in [3.8, 4) is 0 Å². The molecule has 0 bridgehead atoms. The van der Waals surface area contributed by atoms with Crippen molar-refractivity contribution in [3.63, 3.8) is 0 Å². The molecule has 1 nitrogen and oxygen atoms in total. The molecule has 1 unspecified atom stereocenters. The summed E-state index contributed by atoms with van der Waals surface area (Å²) in [6.45, 7) is 4.22. The molecule has 2 heteroatoms. The van der Waals surface area contributed by atoms with Crippen molar-refractivity contribution in [2.24, 2.45) is 5.73 Å². The molecule has 0 radical (unpaired) electrons. The van der Waals surface area contributed by atoms with Gasteiger partial charge in [0.1, 0.15) is 0 Å². The summed E-state index contributed by atoms with van der Waals surface area (Å²) >= 11 is 6.06. The van der Waals surface area contributed by atoms with Gasteiger partial charge in [-0.2, -0.15) is 0 Å². The molecular weight excluding hydrogens is 254 g/mol. The minimum atomic E-state index is -0.519. The van der Waals surface area contributed by atoms with Crippen molar-refractivity contribution in [2.45, 2.75) is 32.2 Å². The Morgan fingerprint density at radius 3 is 2.32 bits per heavy atom. The standard InChI is InChI=1S/C17H20ClN/c1-3-6-13-7-4-8-14(11-13)17(2,19)15-9-5-10-16(18)12-15/h4-5,7-12H,3,6,19H2,1-2H3. The lowest BCUT2D eigenvalue weighted by Crippen LogP contribution is -2.34. The first-order valence-corrected chi connectivity index (χ1v) is 7.06. The molecule has 0 aliphatic carbocycles. The molecule has 100 valence electrons. The van der Waals surface area contributed by atoms with E-state index in [1.54, 1.807) is 0 Å². The predicted octanol–water partition coefficient (Wildman–Crippen LogP) is 4.51. The zero-order chi connectivity index (χ0) is 13.9. The topological polar surface area (TPSA) is 26.0 Å². The van der Waals surface area contributed by atoms with Gasteiger partial charge < -0.3 is 5.73 Å². The highest BCUT2D eigenvalue weighted by atomic mass is 35.5. The number of halogens is 1. The van der Waals surface area contributed by atoms with Crippen molar-refractivity contribution >= 4 is 11.6 Å². The fourth-order valence-electron chi connectivity index (χ4n) is 2.32. The van der Waals surface area contributed by atoms with E-state index < -0.39 is 5.54 Å². The SMILES string of the molecule is CCCc1cccc(C(C)(N)c2cccc(Cl)c2)c1. The fraction of sp³-hybridized carbons (Fsp3) is 0.294. The van der Waals surface area contributed by atoms with E-state index in [4.69, 9.17) is 17.3 Å². The smallest absolute Gasteiger partial charge is 0.0637 e. The summed E-state index contributed by atoms with van der Waals surface area (Å²) in [7, 11) is 0. The monoisotopic (exact) mass is 273 g/mol. The van der Waals surface area contributed by atoms with E-state index in [1.807, 2.05) is 31.2 Å². The van der Waals surface area contributed by atoms with Crippen LogP contribution in [0.25, 0.3) is 0 Å². The highest BCUT2D eigenvalue weighted by Crippen LogP contribution is 2.28. The van der Waals surface area contributed by atoms with Crippen molar-refractivity contribution < 1.29 is 0 Å². The van der Waals surface area contributed by atoms with Gasteiger partial charge in [0.25, 0.3) is 0 Å². The second kappa shape index (κ2) is 5.77. The molecule has 0 aromatic heterocycles. The summed E-state index contributed by atoms with van der Waals surface area (Å²) in [5.41, 5.74) is 9.51. The van der Waals surface area contributed by atoms with Crippen molar-refractivity contribution in [3.05, 3.63) is 70.2 Å². The van der Waals surface area contributed by atoms with Gasteiger partial charge in [0, 0.05) is 5.02 Å². The minimum absolute atomic E-state index is 0.519. The van der Waals surface area contributed by atoms with E-state index >= 15 is 0 Å². The molecule has 2 N–H and O–H groups in total. The Hall–Kier alpha value is -1.31. The normalized spacial score (nSPS) is 14.1. The maximum Gasteiger partial charge on any atom is 0.0637 e. The van der Waals surface area contributed by atoms with Crippen LogP contribution < -0.4 is 5.73 Å². The van der Waals surface area contributed by atoms with Crippen LogP contribution in [0.4, 0.5) is 0 Å². The molecule has 0 saturated heterocycles. The van der Waals surface area contributed by atoms with Gasteiger partial charge in [-0.15, -0.1) is 0 Å². The Morgan fingerprint density at radius 2 is 1.68 bits per heavy atom. The van der Waals surface area contributed by atoms with Crippen LogP contribution in [-0.4, -0.2) is 0 Å². The number of benzene rings is 2. The average molecular weight is 274 g/mol. The molecule has 2 rings (SSSR count). The second-order valence-electron chi connectivity index (χ2n) is 5.16. The molecule has 0 aliphatic heterocycles. The molecule has 0 aliphatic rings. The maximum absolute atomic E-state index is 6.53. The van der Waals surface area contributed by atoms with E-state index in [1.165, 1.54) is 5.56 Å². The Bertz CT molecular complexity index is 561. The van der Waals surface area contributed by atoms with Crippen LogP contribution in [0, 0.1) is 0 Å². The second-order valence-corrected chi connectivity index (χ2v) is 5.60. The van der Waals surface area contributed by atoms with Gasteiger partial charge in [-0.3, -0.25) is 0 Å². The van der Waals surface area contributed by atoms with Crippen LogP contribution >= 0.6 is 11.6 Å². The Balaban J connectivity index is 2.41. The van der Waals surface area contributed by atoms with E-state index in [0.717, 1.165) is 29.0 Å². The molecule has 2 aromatic carbocycles. The van der Waals surface area contributed by atoms with Crippen LogP contribution in [0.3, 0.4) is 0 Å². The third-order valence-electron chi connectivity index (χ3n) is 3.49. The summed E-state index contributed by atoms with van der Waals surface area (Å²) < 4.78 is 0. The van der Waals surface area contributed by atoms with Crippen molar-refractivity contribution in [2.75, 3.05) is 0 Å². The first kappa shape index (κ1) is 14.1. The van der Waals surface area contributed by atoms with E-state index in [9.17, 15) is 0 Å². The lowest BCUT2D eigenvalue weighted by Gasteiger charge is -2.26. The zero-order valence-electron chi connectivity index (χ0n) is 11.5. The van der Waals surface area contributed by atoms with Crippen LogP contribution in [0.5, 0.6) is 0 Å². The van der Waals surface area contributed by atoms with Gasteiger partial charge in [-0.25, -0.2) is 0 Å². The Labute approximate surface area is 120 Å². The van der Waals surface area contributed by atoms with Crippen LogP contribution in [0.15, 0.2) is 48.5 Å². The predicted molar refractivity (Wildman–Crippen MR) is 82.5 cm³/mol. The van der Waals surface area contributed by atoms with E-state index in [-0.39, 0.29) is 0 Å². The molecule has 1 atom stereocenters. The van der Waals surface area contributed by atoms with Crippen LogP contribution in [0.1, 0.15) is 37.0 Å². The van der Waals surface area contributed by atoms with Crippen molar-refractivity contribution in [1.82, 2.24) is 0 Å². The largest absolute Gasteiger partial charge is 0.318 e. The maximum atomic E-state index is 6.53. The van der Waals surface area contributed by atoms with Gasteiger partial charge in [0.2, 0.25) is 0 Å². The number of nitrogens with two attached hydrogens (primary N) is 1. The quantitative estimate of drug-likeness (QED) is 0.871. The third-order valence-corrected chi connectivity index (χ3v) is 3.72. The molecule has 0 heterocycles. The molecule has 19 heavy (non-hydrogen) atoms. The molecule has 0 spiro atoms. The zero-order valence-corrected chi connectivity index (χ0v) is 12.2. The summed E-state index contributed by atoms with van der Waals surface area (Å²) in [6, 6.07) is 16.3. The summed E-state index contributed by atoms with van der Waals surface area (Å²) in [4.78, 5) is 0. The number of aryl methyl sites for hydroxylation is 1. The first-order chi connectivity index (χ1) is 9.04. The van der Waals surface area contributed by atoms with Gasteiger partial charge in [0.15, 0.2) is 0 Å². The highest BCUT2D eigenvalue weighted by Gasteiger charge is 2.23. The van der Waals surface area contributed by atoms with Gasteiger partial charge in [-0.05, 0) is 42.2 Å². The Morgan fingerprint density at radius 1 is 1.05 bits per heavy atom. The minimum Gasteiger partial charge on any atom is -0.318 e. The fourth-order valence-corrected chi connectivity index (χ4v) is 2.51. The summed E-state index contributed by atoms with van der Waals surface area (Å²) in [5.74, 6) is 0. The number of rotatable bonds is 4. The van der Waals surface area contributed by atoms with Gasteiger partial charge in [-0.1, -0.05) is 61.3 Å². The number of hydrogen-bond acceptors (Lipinski definition) is 1. The molecule has 2 aromatic rings. The van der Waals surface area contributed by atoms with Crippen LogP contribution in [-0.2, 0) is 12.0 Å². The summed E-state index contributed by atoms with van der Waals surface area (Å²) in [5, 5.41) is 0.721. The third kappa shape index (κ3) is 3.17. The van der Waals surface area contributed by atoms with Crippen LogP contribution in [0.2, 0.25) is 5.02 Å². The molecular formula is C17H20ClN. The lowest BCUT2D eigenvalue weighted by molar-refractivity contribution is 0.602. The lowest BCUT2D eigenvalue weighted by atomic mass is 9.85. The van der Waals surface area contributed by atoms with E-state index in [0.29, 0.717) is 0 Å². The highest BCUT2D eigenvalue weighted by molar-refractivity contribution is 6.30. The van der Waals surface area contributed by atoms with Crippen molar-refractivity contribution in [1.29, 1.82) is 0 Å². The Kier molecular flexibility index (Phi) is 4.28. The van der Waals surface area contributed by atoms with E-state index in [2.05, 4.69) is 31.2 Å². The van der Waals surface area contributed by atoms with Gasteiger partial charge >= 0.3 is 0 Å². The average Bonchev–Trinajstić information content (AvgIpc) is 2.39. The molecule has 0 amide bonds. The number of hydrogen-bond donors (Lipinski definition) is 1. The molecule has 0 saturated carbocycles.